The van der Waals surface area contributed by atoms with Gasteiger partial charge in [0.15, 0.2) is 0 Å². The normalized spacial score (nSPS) is 17.4. The Morgan fingerprint density at radius 2 is 1.90 bits per heavy atom. The van der Waals surface area contributed by atoms with E-state index in [1.165, 1.54) is 9.25 Å². The van der Waals surface area contributed by atoms with Crippen LogP contribution in [0.3, 0.4) is 0 Å². The van der Waals surface area contributed by atoms with Gasteiger partial charge < -0.3 is 10.2 Å². The molecule has 29 heavy (non-hydrogen) atoms. The van der Waals surface area contributed by atoms with Gasteiger partial charge >= 0.3 is 5.69 Å². The van der Waals surface area contributed by atoms with Crippen molar-refractivity contribution < 1.29 is 9.59 Å². The summed E-state index contributed by atoms with van der Waals surface area (Å²) in [6, 6.07) is 7.51. The summed E-state index contributed by atoms with van der Waals surface area (Å²) in [5.41, 5.74) is 1.45. The van der Waals surface area contributed by atoms with Gasteiger partial charge in [0.1, 0.15) is 12.4 Å². The number of piperidine rings is 1. The van der Waals surface area contributed by atoms with Crippen LogP contribution in [0.25, 0.3) is 0 Å². The number of aromatic nitrogens is 3. The maximum atomic E-state index is 12.6. The second kappa shape index (κ2) is 7.85. The maximum absolute atomic E-state index is 12.6. The maximum Gasteiger partial charge on any atom is 0.346 e. The van der Waals surface area contributed by atoms with Gasteiger partial charge in [-0.1, -0.05) is 12.1 Å². The summed E-state index contributed by atoms with van der Waals surface area (Å²) in [4.78, 5) is 39.1. The zero-order valence-corrected chi connectivity index (χ0v) is 16.9. The highest BCUT2D eigenvalue weighted by atomic mass is 16.2. The number of amides is 2. The molecule has 0 unspecified atom stereocenters. The fourth-order valence-electron chi connectivity index (χ4n) is 3.97. The fourth-order valence-corrected chi connectivity index (χ4v) is 3.97. The van der Waals surface area contributed by atoms with E-state index in [9.17, 15) is 14.4 Å². The average Bonchev–Trinajstić information content (AvgIpc) is 3.51. The van der Waals surface area contributed by atoms with Crippen molar-refractivity contribution in [2.24, 2.45) is 13.0 Å². The van der Waals surface area contributed by atoms with Crippen LogP contribution in [0.2, 0.25) is 0 Å². The number of hydrogen-bond acceptors (Lipinski definition) is 4. The first-order valence-corrected chi connectivity index (χ1v) is 10.2. The summed E-state index contributed by atoms with van der Waals surface area (Å²) in [6.07, 6.45) is 3.61. The number of rotatable bonds is 5. The van der Waals surface area contributed by atoms with Crippen molar-refractivity contribution in [3.05, 3.63) is 46.1 Å². The number of nitrogens with zero attached hydrogens (tertiary/aromatic N) is 4. The monoisotopic (exact) mass is 397 g/mol. The molecule has 1 aromatic heterocycles. The van der Waals surface area contributed by atoms with Gasteiger partial charge in [-0.3, -0.25) is 14.2 Å². The standard InChI is InChI=1S/C21H27N5O3/c1-14-4-3-5-17(12-14)22-18(27)13-26-21(29)24(2)19(23-26)15-8-10-25(11-9-15)20(28)16-6-7-16/h3-5,12,15-16H,6-11,13H2,1-2H3,(H,22,27). The topological polar surface area (TPSA) is 89.2 Å². The largest absolute Gasteiger partial charge is 0.346 e. The van der Waals surface area contributed by atoms with Crippen molar-refractivity contribution in [3.8, 4) is 0 Å². The third kappa shape index (κ3) is 4.26. The first kappa shape index (κ1) is 19.4. The quantitative estimate of drug-likeness (QED) is 0.831. The van der Waals surface area contributed by atoms with Crippen LogP contribution >= 0.6 is 0 Å². The third-order valence-electron chi connectivity index (χ3n) is 5.77. The summed E-state index contributed by atoms with van der Waals surface area (Å²) < 4.78 is 2.76. The van der Waals surface area contributed by atoms with Crippen LogP contribution in [0.1, 0.15) is 43.0 Å². The van der Waals surface area contributed by atoms with Gasteiger partial charge in [0.2, 0.25) is 11.8 Å². The van der Waals surface area contributed by atoms with Gasteiger partial charge in [0.05, 0.1) is 0 Å². The van der Waals surface area contributed by atoms with Crippen LogP contribution in [-0.2, 0) is 23.2 Å². The SMILES string of the molecule is Cc1cccc(NC(=O)Cn2nc(C3CCN(C(=O)C4CC4)CC3)n(C)c2=O)c1. The minimum absolute atomic E-state index is 0.122. The molecule has 1 aromatic carbocycles. The minimum atomic E-state index is -0.295. The van der Waals surface area contributed by atoms with E-state index >= 15 is 0 Å². The molecule has 154 valence electrons. The Labute approximate surface area is 169 Å². The molecule has 2 fully saturated rings. The second-order valence-corrected chi connectivity index (χ2v) is 8.15. The zero-order chi connectivity index (χ0) is 20.5. The van der Waals surface area contributed by atoms with Crippen molar-refractivity contribution in [2.75, 3.05) is 18.4 Å². The molecule has 0 radical (unpaired) electrons. The smallest absolute Gasteiger partial charge is 0.342 e. The molecule has 8 nitrogen and oxygen atoms in total. The van der Waals surface area contributed by atoms with Crippen LogP contribution in [0.15, 0.2) is 29.1 Å². The number of nitrogens with one attached hydrogen (secondary N) is 1. The number of aryl methyl sites for hydroxylation is 1. The van der Waals surface area contributed by atoms with E-state index in [0.717, 1.165) is 31.2 Å². The molecule has 1 aliphatic carbocycles. The molecule has 2 aliphatic rings. The predicted octanol–water partition coefficient (Wildman–Crippen LogP) is 1.64. The van der Waals surface area contributed by atoms with Crippen LogP contribution in [0.5, 0.6) is 0 Å². The number of carbonyl (C=O) groups excluding carboxylic acids is 2. The van der Waals surface area contributed by atoms with Gasteiger partial charge in [-0.2, -0.15) is 5.10 Å². The van der Waals surface area contributed by atoms with Crippen LogP contribution in [0.4, 0.5) is 5.69 Å². The van der Waals surface area contributed by atoms with Crippen LogP contribution < -0.4 is 11.0 Å². The summed E-state index contributed by atoms with van der Waals surface area (Å²) in [5, 5.41) is 7.26. The number of anilines is 1. The Bertz CT molecular complexity index is 980. The van der Waals surface area contributed by atoms with E-state index in [1.807, 2.05) is 36.1 Å². The lowest BCUT2D eigenvalue weighted by molar-refractivity contribution is -0.133. The van der Waals surface area contributed by atoms with Crippen molar-refractivity contribution in [1.82, 2.24) is 19.2 Å². The van der Waals surface area contributed by atoms with Crippen molar-refractivity contribution in [2.45, 2.75) is 45.1 Å². The lowest BCUT2D eigenvalue weighted by atomic mass is 9.95. The average molecular weight is 397 g/mol. The van der Waals surface area contributed by atoms with Crippen LogP contribution in [0, 0.1) is 12.8 Å². The molecule has 2 aromatic rings. The third-order valence-corrected chi connectivity index (χ3v) is 5.77. The van der Waals surface area contributed by atoms with Crippen LogP contribution in [-0.4, -0.2) is 44.2 Å². The summed E-state index contributed by atoms with van der Waals surface area (Å²) >= 11 is 0. The molecule has 2 heterocycles. The molecule has 2 amide bonds. The molecule has 0 bridgehead atoms. The molecule has 1 saturated heterocycles. The number of hydrogen-bond donors (Lipinski definition) is 1. The van der Waals surface area contributed by atoms with E-state index < -0.39 is 0 Å². The highest BCUT2D eigenvalue weighted by molar-refractivity contribution is 5.90. The van der Waals surface area contributed by atoms with E-state index in [2.05, 4.69) is 10.4 Å². The van der Waals surface area contributed by atoms with E-state index in [4.69, 9.17) is 0 Å². The number of benzene rings is 1. The molecule has 4 rings (SSSR count). The van der Waals surface area contributed by atoms with Gasteiger partial charge in [-0.05, 0) is 50.3 Å². The van der Waals surface area contributed by atoms with Crippen molar-refractivity contribution >= 4 is 17.5 Å². The molecule has 1 saturated carbocycles. The molecule has 1 N–H and O–H groups in total. The van der Waals surface area contributed by atoms with Gasteiger partial charge in [-0.15, -0.1) is 0 Å². The highest BCUT2D eigenvalue weighted by Gasteiger charge is 2.36. The Morgan fingerprint density at radius 1 is 1.17 bits per heavy atom. The number of likely N-dealkylation sites (tertiary alicyclic amines) is 1. The van der Waals surface area contributed by atoms with Crippen molar-refractivity contribution in [1.29, 1.82) is 0 Å². The van der Waals surface area contributed by atoms with Crippen molar-refractivity contribution in [3.63, 3.8) is 0 Å². The predicted molar refractivity (Wildman–Crippen MR) is 109 cm³/mol. The summed E-state index contributed by atoms with van der Waals surface area (Å²) in [6.45, 7) is 3.23. The Morgan fingerprint density at radius 3 is 2.55 bits per heavy atom. The molecule has 8 heteroatoms. The van der Waals surface area contributed by atoms with Gasteiger partial charge in [0.25, 0.3) is 0 Å². The summed E-state index contributed by atoms with van der Waals surface area (Å²) in [7, 11) is 1.70. The fraction of sp³-hybridized carbons (Fsp3) is 0.524. The second-order valence-electron chi connectivity index (χ2n) is 8.15. The Kier molecular flexibility index (Phi) is 5.25. The minimum Gasteiger partial charge on any atom is -0.342 e. The summed E-state index contributed by atoms with van der Waals surface area (Å²) in [5.74, 6) is 1.04. The van der Waals surface area contributed by atoms with Gasteiger partial charge in [-0.25, -0.2) is 9.48 Å². The molecule has 1 aliphatic heterocycles. The lowest BCUT2D eigenvalue weighted by Gasteiger charge is -2.31. The lowest BCUT2D eigenvalue weighted by Crippen LogP contribution is -2.39. The number of carbonyl (C=O) groups is 2. The zero-order valence-electron chi connectivity index (χ0n) is 16.9. The van der Waals surface area contributed by atoms with E-state index in [1.54, 1.807) is 7.05 Å². The van der Waals surface area contributed by atoms with Gasteiger partial charge in [0, 0.05) is 37.7 Å². The first-order valence-electron chi connectivity index (χ1n) is 10.2. The highest BCUT2D eigenvalue weighted by Crippen LogP contribution is 2.33. The van der Waals surface area contributed by atoms with E-state index in [-0.39, 0.29) is 35.9 Å². The molecule has 0 atom stereocenters. The molecule has 0 spiro atoms. The molecular weight excluding hydrogens is 370 g/mol. The first-order chi connectivity index (χ1) is 13.9. The Hall–Kier alpha value is -2.90. The Balaban J connectivity index is 1.40. The van der Waals surface area contributed by atoms with E-state index in [0.29, 0.717) is 24.6 Å². The molecular formula is C21H27N5O3.